The molecule has 0 saturated carbocycles. The van der Waals surface area contributed by atoms with Crippen molar-refractivity contribution < 1.29 is 4.74 Å². The molecule has 0 N–H and O–H groups in total. The van der Waals surface area contributed by atoms with Crippen LogP contribution in [-0.4, -0.2) is 64.1 Å². The number of ether oxygens (including phenoxy) is 1. The molecule has 2 aliphatic rings. The number of benzene rings is 1. The van der Waals surface area contributed by atoms with E-state index in [-0.39, 0.29) is 0 Å². The second-order valence-electron chi connectivity index (χ2n) is 9.76. The fraction of sp³-hybridized carbons (Fsp3) is 0.357. The lowest BCUT2D eigenvalue weighted by Crippen LogP contribution is -2.19. The van der Waals surface area contributed by atoms with Crippen molar-refractivity contribution in [2.45, 2.75) is 19.3 Å². The average Bonchev–Trinajstić information content (AvgIpc) is 3.70. The van der Waals surface area contributed by atoms with Crippen LogP contribution in [0.1, 0.15) is 24.8 Å². The van der Waals surface area contributed by atoms with Crippen LogP contribution in [0.2, 0.25) is 0 Å². The van der Waals surface area contributed by atoms with Crippen LogP contribution in [0.5, 0.6) is 6.01 Å². The SMILES string of the molecule is CN1CC[C@@H](COc2nc(-c3ccc(C#N)cc3)c(-c3ccc(N4CCCC4)nc3)c3nccn23)C1. The molecule has 0 unspecified atom stereocenters. The van der Waals surface area contributed by atoms with Gasteiger partial charge in [-0.25, -0.2) is 9.97 Å². The van der Waals surface area contributed by atoms with Crippen molar-refractivity contribution >= 4 is 11.5 Å². The third-order valence-corrected chi connectivity index (χ3v) is 7.21. The molecule has 8 heteroatoms. The number of anilines is 1. The quantitative estimate of drug-likeness (QED) is 0.409. The van der Waals surface area contributed by atoms with Crippen molar-refractivity contribution in [3.63, 3.8) is 0 Å². The molecule has 0 bridgehead atoms. The van der Waals surface area contributed by atoms with Gasteiger partial charge in [-0.3, -0.25) is 4.40 Å². The summed E-state index contributed by atoms with van der Waals surface area (Å²) in [5.41, 5.74) is 4.92. The average molecular weight is 480 g/mol. The van der Waals surface area contributed by atoms with Gasteiger partial charge in [0.25, 0.3) is 0 Å². The van der Waals surface area contributed by atoms with Gasteiger partial charge in [-0.2, -0.15) is 10.2 Å². The van der Waals surface area contributed by atoms with Crippen molar-refractivity contribution in [1.29, 1.82) is 5.26 Å². The maximum Gasteiger partial charge on any atom is 0.302 e. The number of hydrogen-bond donors (Lipinski definition) is 0. The van der Waals surface area contributed by atoms with E-state index in [1.54, 1.807) is 6.20 Å². The zero-order valence-electron chi connectivity index (χ0n) is 20.5. The number of nitriles is 1. The number of imidazole rings is 1. The first-order chi connectivity index (χ1) is 17.7. The largest absolute Gasteiger partial charge is 0.464 e. The number of hydrogen-bond acceptors (Lipinski definition) is 7. The van der Waals surface area contributed by atoms with E-state index in [1.165, 1.54) is 12.8 Å². The van der Waals surface area contributed by atoms with E-state index in [0.717, 1.165) is 66.4 Å². The van der Waals surface area contributed by atoms with Gasteiger partial charge in [0.05, 0.1) is 29.5 Å². The Morgan fingerprint density at radius 2 is 1.83 bits per heavy atom. The molecular formula is C28H29N7O. The lowest BCUT2D eigenvalue weighted by molar-refractivity contribution is 0.230. The van der Waals surface area contributed by atoms with Crippen LogP contribution in [-0.2, 0) is 0 Å². The van der Waals surface area contributed by atoms with Crippen molar-refractivity contribution in [3.05, 3.63) is 60.6 Å². The van der Waals surface area contributed by atoms with E-state index in [2.05, 4.69) is 35.0 Å². The Hall–Kier alpha value is -3.96. The third-order valence-electron chi connectivity index (χ3n) is 7.21. The topological polar surface area (TPSA) is 82.6 Å². The molecule has 8 nitrogen and oxygen atoms in total. The Kier molecular flexibility index (Phi) is 5.99. The summed E-state index contributed by atoms with van der Waals surface area (Å²) in [6.07, 6.45) is 9.15. The van der Waals surface area contributed by atoms with Crippen LogP contribution >= 0.6 is 0 Å². The predicted molar refractivity (Wildman–Crippen MR) is 139 cm³/mol. The summed E-state index contributed by atoms with van der Waals surface area (Å²) in [6.45, 7) is 4.85. The summed E-state index contributed by atoms with van der Waals surface area (Å²) in [5.74, 6) is 1.49. The molecule has 2 saturated heterocycles. The van der Waals surface area contributed by atoms with E-state index in [0.29, 0.717) is 24.1 Å². The highest BCUT2D eigenvalue weighted by molar-refractivity contribution is 5.90. The first kappa shape index (κ1) is 22.5. The van der Waals surface area contributed by atoms with Crippen LogP contribution < -0.4 is 9.64 Å². The van der Waals surface area contributed by atoms with E-state index in [4.69, 9.17) is 19.7 Å². The van der Waals surface area contributed by atoms with E-state index >= 15 is 0 Å². The van der Waals surface area contributed by atoms with E-state index < -0.39 is 0 Å². The van der Waals surface area contributed by atoms with Gasteiger partial charge in [0.15, 0.2) is 5.65 Å². The Morgan fingerprint density at radius 3 is 2.53 bits per heavy atom. The highest BCUT2D eigenvalue weighted by atomic mass is 16.5. The Morgan fingerprint density at radius 1 is 1.03 bits per heavy atom. The third kappa shape index (κ3) is 4.27. The minimum absolute atomic E-state index is 0.482. The molecule has 1 atom stereocenters. The monoisotopic (exact) mass is 479 g/mol. The standard InChI is InChI=1S/C28H29N7O/c1-33-14-10-21(18-33)19-36-28-32-26(22-6-4-20(16-29)5-7-22)25(27-30-11-15-35(27)28)23-8-9-24(31-17-23)34-12-2-3-13-34/h4-9,11,15,17,21H,2-3,10,12-14,18-19H2,1H3/t21-/m1/s1. The molecule has 0 spiro atoms. The van der Waals surface area contributed by atoms with Gasteiger partial charge >= 0.3 is 6.01 Å². The molecular weight excluding hydrogens is 450 g/mol. The molecule has 0 radical (unpaired) electrons. The van der Waals surface area contributed by atoms with Gasteiger partial charge in [0, 0.05) is 55.3 Å². The van der Waals surface area contributed by atoms with Gasteiger partial charge in [0.1, 0.15) is 5.82 Å². The molecule has 0 amide bonds. The minimum atomic E-state index is 0.482. The number of likely N-dealkylation sites (tertiary alicyclic amines) is 1. The van der Waals surface area contributed by atoms with Gasteiger partial charge in [-0.1, -0.05) is 12.1 Å². The lowest BCUT2D eigenvalue weighted by atomic mass is 10.0. The first-order valence-corrected chi connectivity index (χ1v) is 12.6. The van der Waals surface area contributed by atoms with Crippen LogP contribution in [0.4, 0.5) is 5.82 Å². The molecule has 2 fully saturated rings. The second kappa shape index (κ2) is 9.59. The summed E-state index contributed by atoms with van der Waals surface area (Å²) in [6, 6.07) is 14.4. The van der Waals surface area contributed by atoms with Crippen LogP contribution in [0.25, 0.3) is 28.0 Å². The first-order valence-electron chi connectivity index (χ1n) is 12.6. The summed E-state index contributed by atoms with van der Waals surface area (Å²) < 4.78 is 8.23. The molecule has 1 aromatic carbocycles. The van der Waals surface area contributed by atoms with E-state index in [1.807, 2.05) is 41.1 Å². The molecule has 36 heavy (non-hydrogen) atoms. The molecule has 182 valence electrons. The molecule has 4 aromatic rings. The number of fused-ring (bicyclic) bond motifs is 1. The maximum absolute atomic E-state index is 9.28. The van der Waals surface area contributed by atoms with Crippen LogP contribution in [0.15, 0.2) is 55.0 Å². The van der Waals surface area contributed by atoms with Crippen LogP contribution in [0.3, 0.4) is 0 Å². The highest BCUT2D eigenvalue weighted by Gasteiger charge is 2.23. The lowest BCUT2D eigenvalue weighted by Gasteiger charge is -2.18. The molecule has 6 rings (SSSR count). The van der Waals surface area contributed by atoms with Crippen molar-refractivity contribution in [1.82, 2.24) is 24.3 Å². The zero-order chi connectivity index (χ0) is 24.5. The summed E-state index contributed by atoms with van der Waals surface area (Å²) >= 11 is 0. The van der Waals surface area contributed by atoms with Crippen molar-refractivity contribution in [2.24, 2.45) is 5.92 Å². The van der Waals surface area contributed by atoms with Crippen molar-refractivity contribution in [2.75, 3.05) is 44.7 Å². The van der Waals surface area contributed by atoms with Gasteiger partial charge in [-0.05, 0) is 57.1 Å². The van der Waals surface area contributed by atoms with Gasteiger partial charge in [0.2, 0.25) is 0 Å². The second-order valence-corrected chi connectivity index (χ2v) is 9.76. The fourth-order valence-corrected chi connectivity index (χ4v) is 5.26. The number of rotatable bonds is 6. The number of nitrogens with zero attached hydrogens (tertiary/aromatic N) is 7. The Balaban J connectivity index is 1.44. The fourth-order valence-electron chi connectivity index (χ4n) is 5.26. The van der Waals surface area contributed by atoms with Gasteiger partial charge in [-0.15, -0.1) is 0 Å². The summed E-state index contributed by atoms with van der Waals surface area (Å²) in [4.78, 5) is 19.2. The molecule has 2 aliphatic heterocycles. The molecule has 0 aliphatic carbocycles. The number of pyridine rings is 1. The molecule has 3 aromatic heterocycles. The van der Waals surface area contributed by atoms with Crippen molar-refractivity contribution in [3.8, 4) is 34.5 Å². The zero-order valence-corrected chi connectivity index (χ0v) is 20.5. The number of aromatic nitrogens is 4. The Labute approximate surface area is 210 Å². The summed E-state index contributed by atoms with van der Waals surface area (Å²) in [5, 5.41) is 9.28. The minimum Gasteiger partial charge on any atom is -0.464 e. The maximum atomic E-state index is 9.28. The van der Waals surface area contributed by atoms with Gasteiger partial charge < -0.3 is 14.5 Å². The predicted octanol–water partition coefficient (Wildman–Crippen LogP) is 4.26. The Bertz CT molecular complexity index is 1400. The smallest absolute Gasteiger partial charge is 0.302 e. The highest BCUT2D eigenvalue weighted by Crippen LogP contribution is 2.36. The molecule has 5 heterocycles. The summed E-state index contributed by atoms with van der Waals surface area (Å²) in [7, 11) is 2.15. The van der Waals surface area contributed by atoms with E-state index in [9.17, 15) is 5.26 Å². The normalized spacial score (nSPS) is 18.1. The van der Waals surface area contributed by atoms with Crippen LogP contribution in [0, 0.1) is 17.2 Å².